The molecule has 5 rings (SSSR count). The Kier molecular flexibility index (Phi) is 6.83. The van der Waals surface area contributed by atoms with Crippen molar-refractivity contribution in [1.82, 2.24) is 24.1 Å². The van der Waals surface area contributed by atoms with Gasteiger partial charge in [-0.15, -0.1) is 6.58 Å². The summed E-state index contributed by atoms with van der Waals surface area (Å²) in [5, 5.41) is 0. The van der Waals surface area contributed by atoms with Gasteiger partial charge in [0.2, 0.25) is 0 Å². The largest absolute Gasteiger partial charge is 0.411 e. The quantitative estimate of drug-likeness (QED) is 0.438. The number of hydrogen-bond donors (Lipinski definition) is 1. The molecule has 1 fully saturated rings. The topological polar surface area (TPSA) is 118 Å². The number of imidazole rings is 1. The number of hydrogen-bond acceptors (Lipinski definition) is 6. The molecule has 1 saturated carbocycles. The van der Waals surface area contributed by atoms with Crippen molar-refractivity contribution in [2.24, 2.45) is 4.99 Å². The van der Waals surface area contributed by atoms with Gasteiger partial charge in [-0.2, -0.15) is 13.2 Å². The summed E-state index contributed by atoms with van der Waals surface area (Å²) in [6.07, 6.45) is 2.44. The third-order valence-corrected chi connectivity index (χ3v) is 6.60. The number of aromatic nitrogens is 5. The summed E-state index contributed by atoms with van der Waals surface area (Å²) in [5.41, 5.74) is 0.266. The molecule has 2 aliphatic rings. The zero-order valence-electron chi connectivity index (χ0n) is 21.1. The summed E-state index contributed by atoms with van der Waals surface area (Å²) in [4.78, 5) is 55.9. The minimum atomic E-state index is -4.48. The fraction of sp³-hybridized carbons (Fsp3) is 0.385. The Hall–Kier alpha value is -4.29. The van der Waals surface area contributed by atoms with Crippen LogP contribution in [0.1, 0.15) is 38.6 Å². The average Bonchev–Trinajstić information content (AvgIpc) is 3.65. The molecule has 10 nitrogen and oxygen atoms in total. The molecule has 0 bridgehead atoms. The van der Waals surface area contributed by atoms with Gasteiger partial charge in [0, 0.05) is 37.1 Å². The number of nitrogens with zero attached hydrogens (tertiary/aromatic N) is 6. The third kappa shape index (κ3) is 4.95. The van der Waals surface area contributed by atoms with Gasteiger partial charge in [0.1, 0.15) is 23.2 Å². The molecule has 1 aliphatic carbocycles. The first kappa shape index (κ1) is 26.3. The molecule has 1 atom stereocenters. The first-order chi connectivity index (χ1) is 18.6. The van der Waals surface area contributed by atoms with E-state index in [4.69, 9.17) is 0 Å². The van der Waals surface area contributed by atoms with Crippen LogP contribution in [0.3, 0.4) is 0 Å². The van der Waals surface area contributed by atoms with E-state index in [1.807, 2.05) is 6.92 Å². The predicted molar refractivity (Wildman–Crippen MR) is 140 cm³/mol. The predicted octanol–water partition coefficient (Wildman–Crippen LogP) is 3.54. The lowest BCUT2D eigenvalue weighted by Crippen LogP contribution is -2.39. The lowest BCUT2D eigenvalue weighted by Gasteiger charge is -2.23. The van der Waals surface area contributed by atoms with E-state index in [-0.39, 0.29) is 40.8 Å². The van der Waals surface area contributed by atoms with Crippen LogP contribution in [-0.4, -0.2) is 55.0 Å². The molecule has 204 valence electrons. The van der Waals surface area contributed by atoms with E-state index in [2.05, 4.69) is 26.5 Å². The Labute approximate surface area is 220 Å². The standard InChI is InChI=1S/C26H26F3N7O3/c1-3-11-34(23(37)16-5-9-18(30-14-16)26(27,28)29)19-10-6-15(13-31-19)21-32-20-22(33-21)35(12-4-2)25(39)36(24(20)38)17-7-8-17/h3,5-6,10,13-14,17-18H,1,4,7-9,11-12H2,2H3,(H,32,33). The second-order valence-corrected chi connectivity index (χ2v) is 9.46. The normalized spacial score (nSPS) is 17.3. The molecular formula is C26H26F3N7O3. The second kappa shape index (κ2) is 10.1. The fourth-order valence-corrected chi connectivity index (χ4v) is 4.49. The van der Waals surface area contributed by atoms with Gasteiger partial charge in [-0.25, -0.2) is 14.8 Å². The number of amides is 1. The van der Waals surface area contributed by atoms with Crippen molar-refractivity contribution in [2.75, 3.05) is 11.4 Å². The highest BCUT2D eigenvalue weighted by Gasteiger charge is 2.40. The number of alkyl halides is 3. The first-order valence-electron chi connectivity index (χ1n) is 12.6. The molecule has 0 spiro atoms. The molecule has 0 saturated heterocycles. The number of aryl methyl sites for hydroxylation is 1. The summed E-state index contributed by atoms with van der Waals surface area (Å²) in [7, 11) is 0. The van der Waals surface area contributed by atoms with Gasteiger partial charge in [-0.05, 0) is 37.8 Å². The Morgan fingerprint density at radius 1 is 1.28 bits per heavy atom. The number of aliphatic imine (C=N–C) groups is 1. The monoisotopic (exact) mass is 541 g/mol. The highest BCUT2D eigenvalue weighted by Crippen LogP contribution is 2.33. The number of nitrogens with one attached hydrogen (secondary N) is 1. The minimum Gasteiger partial charge on any atom is -0.332 e. The molecular weight excluding hydrogens is 515 g/mol. The minimum absolute atomic E-state index is 0.0290. The summed E-state index contributed by atoms with van der Waals surface area (Å²) in [6.45, 7) is 6.05. The Balaban J connectivity index is 1.45. The number of pyridine rings is 1. The Morgan fingerprint density at radius 2 is 2.05 bits per heavy atom. The van der Waals surface area contributed by atoms with Crippen LogP contribution in [0.15, 0.2) is 57.2 Å². The highest BCUT2D eigenvalue weighted by molar-refractivity contribution is 6.18. The number of carbonyl (C=O) groups excluding carboxylic acids is 1. The van der Waals surface area contributed by atoms with E-state index in [9.17, 15) is 27.6 Å². The summed E-state index contributed by atoms with van der Waals surface area (Å²) in [6, 6.07) is 1.24. The number of anilines is 1. The van der Waals surface area contributed by atoms with Crippen LogP contribution in [0.2, 0.25) is 0 Å². The van der Waals surface area contributed by atoms with E-state index in [0.717, 1.165) is 19.1 Å². The van der Waals surface area contributed by atoms with Crippen LogP contribution in [0, 0.1) is 0 Å². The molecule has 3 aromatic rings. The van der Waals surface area contributed by atoms with Crippen molar-refractivity contribution in [3.05, 3.63) is 63.5 Å². The zero-order chi connectivity index (χ0) is 27.9. The summed E-state index contributed by atoms with van der Waals surface area (Å²) in [5.74, 6) is 0.0133. The van der Waals surface area contributed by atoms with E-state index in [1.54, 1.807) is 12.1 Å². The lowest BCUT2D eigenvalue weighted by atomic mass is 10.1. The number of dihydropyridines is 1. The molecule has 1 unspecified atom stereocenters. The molecule has 0 radical (unpaired) electrons. The Morgan fingerprint density at radius 3 is 2.62 bits per heavy atom. The maximum atomic E-state index is 13.1. The smallest absolute Gasteiger partial charge is 0.332 e. The van der Waals surface area contributed by atoms with Gasteiger partial charge in [0.15, 0.2) is 5.65 Å². The van der Waals surface area contributed by atoms with Crippen LogP contribution in [0.4, 0.5) is 19.0 Å². The lowest BCUT2D eigenvalue weighted by molar-refractivity contribution is -0.146. The molecule has 39 heavy (non-hydrogen) atoms. The van der Waals surface area contributed by atoms with Gasteiger partial charge < -0.3 is 4.98 Å². The van der Waals surface area contributed by atoms with Crippen LogP contribution in [-0.2, 0) is 11.3 Å². The zero-order valence-corrected chi connectivity index (χ0v) is 21.1. The number of halogens is 3. The summed E-state index contributed by atoms with van der Waals surface area (Å²) < 4.78 is 41.5. The molecule has 4 heterocycles. The average molecular weight is 542 g/mol. The van der Waals surface area contributed by atoms with Gasteiger partial charge in [-0.3, -0.25) is 28.6 Å². The van der Waals surface area contributed by atoms with Gasteiger partial charge in [0.05, 0.1) is 5.57 Å². The van der Waals surface area contributed by atoms with E-state index in [0.29, 0.717) is 24.4 Å². The number of fused-ring (bicyclic) bond motifs is 1. The fourth-order valence-electron chi connectivity index (χ4n) is 4.49. The highest BCUT2D eigenvalue weighted by atomic mass is 19.4. The molecule has 1 amide bonds. The van der Waals surface area contributed by atoms with E-state index >= 15 is 0 Å². The van der Waals surface area contributed by atoms with Gasteiger partial charge in [-0.1, -0.05) is 19.1 Å². The van der Waals surface area contributed by atoms with Crippen LogP contribution in [0.5, 0.6) is 0 Å². The van der Waals surface area contributed by atoms with Crippen molar-refractivity contribution < 1.29 is 18.0 Å². The maximum Gasteiger partial charge on any atom is 0.411 e. The van der Waals surface area contributed by atoms with Crippen molar-refractivity contribution >= 4 is 29.1 Å². The van der Waals surface area contributed by atoms with Crippen molar-refractivity contribution in [1.29, 1.82) is 0 Å². The van der Waals surface area contributed by atoms with Crippen LogP contribution < -0.4 is 16.1 Å². The number of aromatic amines is 1. The number of carbonyl (C=O) groups is 1. The van der Waals surface area contributed by atoms with Crippen molar-refractivity contribution in [3.63, 3.8) is 0 Å². The van der Waals surface area contributed by atoms with Crippen molar-refractivity contribution in [3.8, 4) is 11.4 Å². The SMILES string of the molecule is C=CCN(C(=O)C1=CCC(C(F)(F)F)N=C1)c1ccc(-c2nc3c([nH]2)c(=O)n(C2CC2)c(=O)n3CCC)cn1. The molecule has 13 heteroatoms. The first-order valence-corrected chi connectivity index (χ1v) is 12.6. The molecule has 3 aromatic heterocycles. The molecule has 0 aromatic carbocycles. The van der Waals surface area contributed by atoms with Gasteiger partial charge in [0.25, 0.3) is 11.5 Å². The van der Waals surface area contributed by atoms with Crippen LogP contribution in [0.25, 0.3) is 22.6 Å². The maximum absolute atomic E-state index is 13.1. The number of rotatable bonds is 8. The van der Waals surface area contributed by atoms with Crippen LogP contribution >= 0.6 is 0 Å². The third-order valence-electron chi connectivity index (χ3n) is 6.60. The Bertz CT molecular complexity index is 1610. The molecule has 1 aliphatic heterocycles. The van der Waals surface area contributed by atoms with Crippen molar-refractivity contribution in [2.45, 2.75) is 57.4 Å². The second-order valence-electron chi connectivity index (χ2n) is 9.46. The van der Waals surface area contributed by atoms with E-state index < -0.39 is 30.1 Å². The summed E-state index contributed by atoms with van der Waals surface area (Å²) >= 11 is 0. The van der Waals surface area contributed by atoms with E-state index in [1.165, 1.54) is 32.4 Å². The number of H-pyrrole nitrogens is 1. The molecule has 1 N–H and O–H groups in total. The van der Waals surface area contributed by atoms with Gasteiger partial charge >= 0.3 is 11.9 Å².